The lowest BCUT2D eigenvalue weighted by Crippen LogP contribution is -2.14. The van der Waals surface area contributed by atoms with Crippen LogP contribution in [0.1, 0.15) is 19.8 Å². The van der Waals surface area contributed by atoms with Crippen molar-refractivity contribution in [3.8, 4) is 0 Å². The van der Waals surface area contributed by atoms with Gasteiger partial charge in [-0.15, -0.1) is 22.0 Å². The zero-order chi connectivity index (χ0) is 10.7. The first-order valence-electron chi connectivity index (χ1n) is 5.07. The van der Waals surface area contributed by atoms with Crippen LogP contribution in [0.5, 0.6) is 0 Å². The lowest BCUT2D eigenvalue weighted by atomic mass is 10.4. The minimum atomic E-state index is 0.0696. The number of rotatable bonds is 4. The highest BCUT2D eigenvalue weighted by Gasteiger charge is 2.29. The van der Waals surface area contributed by atoms with Crippen LogP contribution in [0.3, 0.4) is 0 Å². The van der Waals surface area contributed by atoms with Crippen LogP contribution < -0.4 is 5.32 Å². The quantitative estimate of drug-likeness (QED) is 0.792. The molecule has 0 unspecified atom stereocenters. The van der Waals surface area contributed by atoms with Crippen molar-refractivity contribution in [3.63, 3.8) is 0 Å². The van der Waals surface area contributed by atoms with Crippen molar-refractivity contribution in [1.29, 1.82) is 0 Å². The maximum absolute atomic E-state index is 11.4. The van der Waals surface area contributed by atoms with Gasteiger partial charge in [-0.25, -0.2) is 0 Å². The average molecular weight is 223 g/mol. The number of amides is 1. The highest BCUT2D eigenvalue weighted by molar-refractivity contribution is 7.99. The Kier molecular flexibility index (Phi) is 3.20. The van der Waals surface area contributed by atoms with Gasteiger partial charge in [-0.05, 0) is 30.7 Å². The van der Waals surface area contributed by atoms with E-state index in [4.69, 9.17) is 0 Å². The summed E-state index contributed by atoms with van der Waals surface area (Å²) in [4.78, 5) is 11.4. The Balaban J connectivity index is 1.94. The van der Waals surface area contributed by atoms with Gasteiger partial charge >= 0.3 is 0 Å². The van der Waals surface area contributed by atoms with Gasteiger partial charge in [0.05, 0.1) is 0 Å². The summed E-state index contributed by atoms with van der Waals surface area (Å²) in [7, 11) is 0. The van der Waals surface area contributed by atoms with E-state index in [1.54, 1.807) is 17.8 Å². The molecule has 1 amide bonds. The van der Waals surface area contributed by atoms with Crippen LogP contribution in [0, 0.1) is 5.92 Å². The standard InChI is InChI=1S/C10H13N3OS/c1-2-15-9-6-5-8(12-13-9)11-10(14)7-3-4-7/h5-7H,2-4H2,1H3,(H,11,12,14). The molecule has 2 rings (SSSR count). The monoisotopic (exact) mass is 223 g/mol. The fourth-order valence-corrected chi connectivity index (χ4v) is 1.74. The highest BCUT2D eigenvalue weighted by atomic mass is 32.2. The lowest BCUT2D eigenvalue weighted by molar-refractivity contribution is -0.117. The van der Waals surface area contributed by atoms with E-state index in [1.165, 1.54) is 0 Å². The molecule has 0 radical (unpaired) electrons. The summed E-state index contributed by atoms with van der Waals surface area (Å²) in [5.41, 5.74) is 0. The van der Waals surface area contributed by atoms with Gasteiger partial charge in [-0.1, -0.05) is 6.92 Å². The molecule has 1 aliphatic rings. The molecule has 0 saturated heterocycles. The second kappa shape index (κ2) is 4.61. The first-order chi connectivity index (χ1) is 7.29. The van der Waals surface area contributed by atoms with Crippen LogP contribution in [0.15, 0.2) is 17.2 Å². The zero-order valence-corrected chi connectivity index (χ0v) is 9.38. The fourth-order valence-electron chi connectivity index (χ4n) is 1.19. The molecule has 1 N–H and O–H groups in total. The molecule has 15 heavy (non-hydrogen) atoms. The molecule has 5 heteroatoms. The smallest absolute Gasteiger partial charge is 0.228 e. The molecule has 0 aromatic carbocycles. The molecular formula is C10H13N3OS. The topological polar surface area (TPSA) is 54.9 Å². The van der Waals surface area contributed by atoms with E-state index in [0.29, 0.717) is 5.82 Å². The Morgan fingerprint density at radius 3 is 2.87 bits per heavy atom. The van der Waals surface area contributed by atoms with Crippen LogP contribution in [-0.4, -0.2) is 21.9 Å². The van der Waals surface area contributed by atoms with Gasteiger partial charge < -0.3 is 5.32 Å². The second-order valence-electron chi connectivity index (χ2n) is 3.45. The third-order valence-corrected chi connectivity index (χ3v) is 2.93. The molecule has 1 aromatic heterocycles. The molecule has 0 atom stereocenters. The third kappa shape index (κ3) is 2.92. The molecule has 4 nitrogen and oxygen atoms in total. The van der Waals surface area contributed by atoms with Crippen molar-refractivity contribution < 1.29 is 4.79 Å². The minimum absolute atomic E-state index is 0.0696. The Bertz CT molecular complexity index is 348. The molecule has 1 fully saturated rings. The Hall–Kier alpha value is -1.10. The fraction of sp³-hybridized carbons (Fsp3) is 0.500. The van der Waals surface area contributed by atoms with E-state index in [9.17, 15) is 4.79 Å². The van der Waals surface area contributed by atoms with E-state index >= 15 is 0 Å². The number of hydrogen-bond acceptors (Lipinski definition) is 4. The normalized spacial score (nSPS) is 15.0. The molecule has 1 aliphatic carbocycles. The summed E-state index contributed by atoms with van der Waals surface area (Å²) >= 11 is 1.64. The maximum Gasteiger partial charge on any atom is 0.228 e. The minimum Gasteiger partial charge on any atom is -0.309 e. The van der Waals surface area contributed by atoms with E-state index in [-0.39, 0.29) is 11.8 Å². The number of nitrogens with zero attached hydrogens (tertiary/aromatic N) is 2. The van der Waals surface area contributed by atoms with Crippen LogP contribution >= 0.6 is 11.8 Å². The molecule has 1 aromatic rings. The van der Waals surface area contributed by atoms with Crippen LogP contribution in [0.25, 0.3) is 0 Å². The number of carbonyl (C=O) groups excluding carboxylic acids is 1. The summed E-state index contributed by atoms with van der Waals surface area (Å²) in [6.45, 7) is 2.06. The third-order valence-electron chi connectivity index (χ3n) is 2.13. The molecular weight excluding hydrogens is 210 g/mol. The van der Waals surface area contributed by atoms with Crippen molar-refractivity contribution in [2.45, 2.75) is 24.8 Å². The number of anilines is 1. The van der Waals surface area contributed by atoms with E-state index < -0.39 is 0 Å². The van der Waals surface area contributed by atoms with E-state index in [0.717, 1.165) is 23.6 Å². The number of hydrogen-bond donors (Lipinski definition) is 1. The van der Waals surface area contributed by atoms with Gasteiger partial charge in [0.2, 0.25) is 5.91 Å². The summed E-state index contributed by atoms with van der Waals surface area (Å²) < 4.78 is 0. The molecule has 80 valence electrons. The molecule has 0 bridgehead atoms. The van der Waals surface area contributed by atoms with Gasteiger partial charge in [-0.3, -0.25) is 4.79 Å². The summed E-state index contributed by atoms with van der Waals surface area (Å²) in [5, 5.41) is 11.6. The predicted octanol–water partition coefficient (Wildman–Crippen LogP) is 1.94. The SMILES string of the molecule is CCSc1ccc(NC(=O)C2CC2)nn1. The summed E-state index contributed by atoms with van der Waals surface area (Å²) in [6.07, 6.45) is 2.01. The Morgan fingerprint density at radius 2 is 2.33 bits per heavy atom. The van der Waals surface area contributed by atoms with Gasteiger partial charge in [0.25, 0.3) is 0 Å². The zero-order valence-electron chi connectivity index (χ0n) is 8.56. The molecule has 0 spiro atoms. The summed E-state index contributed by atoms with van der Waals surface area (Å²) in [6, 6.07) is 3.68. The Labute approximate surface area is 92.9 Å². The van der Waals surface area contributed by atoms with Crippen molar-refractivity contribution in [1.82, 2.24) is 10.2 Å². The first kappa shape index (κ1) is 10.4. The van der Waals surface area contributed by atoms with Gasteiger partial charge in [0, 0.05) is 5.92 Å². The van der Waals surface area contributed by atoms with Crippen LogP contribution in [-0.2, 0) is 4.79 Å². The van der Waals surface area contributed by atoms with Crippen molar-refractivity contribution in [3.05, 3.63) is 12.1 Å². The van der Waals surface area contributed by atoms with Crippen molar-refractivity contribution >= 4 is 23.5 Å². The average Bonchev–Trinajstić information content (AvgIpc) is 3.04. The van der Waals surface area contributed by atoms with Crippen LogP contribution in [0.4, 0.5) is 5.82 Å². The van der Waals surface area contributed by atoms with E-state index in [1.807, 2.05) is 6.07 Å². The highest BCUT2D eigenvalue weighted by Crippen LogP contribution is 2.29. The number of carbonyl (C=O) groups is 1. The second-order valence-corrected chi connectivity index (χ2v) is 4.74. The maximum atomic E-state index is 11.4. The number of thioether (sulfide) groups is 1. The predicted molar refractivity (Wildman–Crippen MR) is 59.8 cm³/mol. The van der Waals surface area contributed by atoms with E-state index in [2.05, 4.69) is 22.4 Å². The largest absolute Gasteiger partial charge is 0.309 e. The molecule has 1 saturated carbocycles. The van der Waals surface area contributed by atoms with Crippen LogP contribution in [0.2, 0.25) is 0 Å². The van der Waals surface area contributed by atoms with Gasteiger partial charge in [0.1, 0.15) is 5.03 Å². The lowest BCUT2D eigenvalue weighted by Gasteiger charge is -2.02. The Morgan fingerprint density at radius 1 is 1.53 bits per heavy atom. The van der Waals surface area contributed by atoms with Crippen molar-refractivity contribution in [2.24, 2.45) is 5.92 Å². The van der Waals surface area contributed by atoms with Gasteiger partial charge in [0.15, 0.2) is 5.82 Å². The molecule has 1 heterocycles. The number of nitrogens with one attached hydrogen (secondary N) is 1. The number of aromatic nitrogens is 2. The van der Waals surface area contributed by atoms with Gasteiger partial charge in [-0.2, -0.15) is 0 Å². The molecule has 0 aliphatic heterocycles. The summed E-state index contributed by atoms with van der Waals surface area (Å²) in [5.74, 6) is 1.80. The first-order valence-corrected chi connectivity index (χ1v) is 6.05. The van der Waals surface area contributed by atoms with Crippen molar-refractivity contribution in [2.75, 3.05) is 11.1 Å².